The maximum atomic E-state index is 11.8. The molecule has 2 rings (SSSR count). The van der Waals surface area contributed by atoms with Gasteiger partial charge in [0.05, 0.1) is 17.9 Å². The van der Waals surface area contributed by atoms with Crippen molar-refractivity contribution in [2.24, 2.45) is 0 Å². The van der Waals surface area contributed by atoms with Crippen molar-refractivity contribution in [3.63, 3.8) is 0 Å². The molecule has 1 aromatic carbocycles. The molecule has 92 valence electrons. The lowest BCUT2D eigenvalue weighted by Crippen LogP contribution is -2.39. The van der Waals surface area contributed by atoms with Gasteiger partial charge < -0.3 is 15.5 Å². The number of carbonyl (C=O) groups is 1. The lowest BCUT2D eigenvalue weighted by molar-refractivity contribution is -0.127. The summed E-state index contributed by atoms with van der Waals surface area (Å²) < 4.78 is 0. The molecule has 2 N–H and O–H groups in total. The zero-order valence-electron chi connectivity index (χ0n) is 10.4. The van der Waals surface area contributed by atoms with E-state index >= 15 is 0 Å². The lowest BCUT2D eigenvalue weighted by atomic mass is 10.0. The highest BCUT2D eigenvalue weighted by Crippen LogP contribution is 2.32. The SMILES string of the molecule is CN(C)C(=O)CN1CCCc2cccc(N)c21. The third kappa shape index (κ3) is 2.35. The van der Waals surface area contributed by atoms with Crippen LogP contribution >= 0.6 is 0 Å². The second-order valence-corrected chi connectivity index (χ2v) is 4.67. The van der Waals surface area contributed by atoms with Crippen molar-refractivity contribution in [2.45, 2.75) is 12.8 Å². The average molecular weight is 233 g/mol. The molecule has 0 bridgehead atoms. The number of amides is 1. The number of fused-ring (bicyclic) bond motifs is 1. The molecule has 1 aliphatic rings. The standard InChI is InChI=1S/C13H19N3O/c1-15(2)12(17)9-16-8-4-6-10-5-3-7-11(14)13(10)16/h3,5,7H,4,6,8-9,14H2,1-2H3. The minimum Gasteiger partial charge on any atom is -0.397 e. The molecule has 0 atom stereocenters. The van der Waals surface area contributed by atoms with Gasteiger partial charge in [-0.1, -0.05) is 12.1 Å². The number of nitrogen functional groups attached to an aromatic ring is 1. The summed E-state index contributed by atoms with van der Waals surface area (Å²) in [5, 5.41) is 0. The Morgan fingerprint density at radius 1 is 1.47 bits per heavy atom. The van der Waals surface area contributed by atoms with Crippen molar-refractivity contribution in [3.05, 3.63) is 23.8 Å². The molecule has 1 aliphatic heterocycles. The zero-order valence-corrected chi connectivity index (χ0v) is 10.4. The lowest BCUT2D eigenvalue weighted by Gasteiger charge is -2.32. The number of hydrogen-bond donors (Lipinski definition) is 1. The molecule has 4 heteroatoms. The second-order valence-electron chi connectivity index (χ2n) is 4.67. The average Bonchev–Trinajstić information content (AvgIpc) is 2.29. The van der Waals surface area contributed by atoms with Crippen LogP contribution < -0.4 is 10.6 Å². The Kier molecular flexibility index (Phi) is 3.22. The molecular weight excluding hydrogens is 214 g/mol. The van der Waals surface area contributed by atoms with Gasteiger partial charge in [0.2, 0.25) is 5.91 Å². The summed E-state index contributed by atoms with van der Waals surface area (Å²) in [6, 6.07) is 5.97. The van der Waals surface area contributed by atoms with Gasteiger partial charge in [-0.3, -0.25) is 4.79 Å². The fraction of sp³-hybridized carbons (Fsp3) is 0.462. The van der Waals surface area contributed by atoms with E-state index < -0.39 is 0 Å². The molecule has 0 saturated heterocycles. The Hall–Kier alpha value is -1.71. The van der Waals surface area contributed by atoms with Gasteiger partial charge in [-0.15, -0.1) is 0 Å². The van der Waals surface area contributed by atoms with Crippen molar-refractivity contribution in [3.8, 4) is 0 Å². The second kappa shape index (κ2) is 4.65. The molecular formula is C13H19N3O. The van der Waals surface area contributed by atoms with E-state index in [2.05, 4.69) is 11.0 Å². The molecule has 0 aromatic heterocycles. The fourth-order valence-electron chi connectivity index (χ4n) is 2.23. The van der Waals surface area contributed by atoms with Crippen LogP contribution in [0.2, 0.25) is 0 Å². The Bertz CT molecular complexity index is 429. The van der Waals surface area contributed by atoms with Gasteiger partial charge >= 0.3 is 0 Å². The molecule has 0 unspecified atom stereocenters. The number of nitrogens with two attached hydrogens (primary N) is 1. The van der Waals surface area contributed by atoms with Crippen LogP contribution in [-0.4, -0.2) is 38.0 Å². The van der Waals surface area contributed by atoms with Gasteiger partial charge in [0, 0.05) is 20.6 Å². The number of anilines is 2. The van der Waals surface area contributed by atoms with E-state index in [9.17, 15) is 4.79 Å². The smallest absolute Gasteiger partial charge is 0.241 e. The van der Waals surface area contributed by atoms with Crippen molar-refractivity contribution in [1.82, 2.24) is 4.90 Å². The first-order valence-electron chi connectivity index (χ1n) is 5.92. The third-order valence-electron chi connectivity index (χ3n) is 3.17. The minimum absolute atomic E-state index is 0.112. The predicted molar refractivity (Wildman–Crippen MR) is 70.1 cm³/mol. The molecule has 4 nitrogen and oxygen atoms in total. The Balaban J connectivity index is 2.25. The summed E-state index contributed by atoms with van der Waals surface area (Å²) in [4.78, 5) is 15.5. The van der Waals surface area contributed by atoms with Gasteiger partial charge in [-0.05, 0) is 24.5 Å². The van der Waals surface area contributed by atoms with Crippen LogP contribution in [0.4, 0.5) is 11.4 Å². The largest absolute Gasteiger partial charge is 0.397 e. The molecule has 17 heavy (non-hydrogen) atoms. The monoisotopic (exact) mass is 233 g/mol. The van der Waals surface area contributed by atoms with Crippen LogP contribution in [0.1, 0.15) is 12.0 Å². The summed E-state index contributed by atoms with van der Waals surface area (Å²) in [5.74, 6) is 0.112. The summed E-state index contributed by atoms with van der Waals surface area (Å²) in [7, 11) is 3.56. The van der Waals surface area contributed by atoms with Gasteiger partial charge in [0.15, 0.2) is 0 Å². The topological polar surface area (TPSA) is 49.6 Å². The van der Waals surface area contributed by atoms with E-state index in [0.717, 1.165) is 30.8 Å². The fourth-order valence-corrected chi connectivity index (χ4v) is 2.23. The third-order valence-corrected chi connectivity index (χ3v) is 3.17. The molecule has 0 fully saturated rings. The zero-order chi connectivity index (χ0) is 12.4. The van der Waals surface area contributed by atoms with Crippen molar-refractivity contribution in [2.75, 3.05) is 37.8 Å². The first-order valence-corrected chi connectivity index (χ1v) is 5.92. The van der Waals surface area contributed by atoms with Crippen LogP contribution in [0, 0.1) is 0 Å². The molecule has 1 amide bonds. The number of nitrogens with zero attached hydrogens (tertiary/aromatic N) is 2. The summed E-state index contributed by atoms with van der Waals surface area (Å²) in [5.41, 5.74) is 9.09. The normalized spacial score (nSPS) is 14.4. The van der Waals surface area contributed by atoms with Crippen molar-refractivity contribution in [1.29, 1.82) is 0 Å². The van der Waals surface area contributed by atoms with Gasteiger partial charge in [0.25, 0.3) is 0 Å². The quantitative estimate of drug-likeness (QED) is 0.778. The van der Waals surface area contributed by atoms with E-state index in [1.54, 1.807) is 19.0 Å². The van der Waals surface area contributed by atoms with Gasteiger partial charge in [-0.25, -0.2) is 0 Å². The Morgan fingerprint density at radius 3 is 2.94 bits per heavy atom. The van der Waals surface area contributed by atoms with E-state index in [0.29, 0.717) is 6.54 Å². The minimum atomic E-state index is 0.112. The molecule has 0 spiro atoms. The molecule has 0 saturated carbocycles. The van der Waals surface area contributed by atoms with Crippen LogP contribution in [0.25, 0.3) is 0 Å². The maximum Gasteiger partial charge on any atom is 0.241 e. The number of likely N-dealkylation sites (N-methyl/N-ethyl adjacent to an activating group) is 1. The summed E-state index contributed by atoms with van der Waals surface area (Å²) in [6.07, 6.45) is 2.13. The van der Waals surface area contributed by atoms with Gasteiger partial charge in [0.1, 0.15) is 0 Å². The van der Waals surface area contributed by atoms with Crippen LogP contribution in [0.5, 0.6) is 0 Å². The first-order chi connectivity index (χ1) is 8.09. The number of benzene rings is 1. The highest BCUT2D eigenvalue weighted by Gasteiger charge is 2.21. The number of carbonyl (C=O) groups excluding carboxylic acids is 1. The molecule has 0 radical (unpaired) electrons. The van der Waals surface area contributed by atoms with Crippen molar-refractivity contribution < 1.29 is 4.79 Å². The molecule has 1 heterocycles. The van der Waals surface area contributed by atoms with Crippen molar-refractivity contribution >= 4 is 17.3 Å². The number of para-hydroxylation sites is 1. The number of hydrogen-bond acceptors (Lipinski definition) is 3. The molecule has 1 aromatic rings. The Labute approximate surface area is 102 Å². The predicted octanol–water partition coefficient (Wildman–Crippen LogP) is 1.11. The summed E-state index contributed by atoms with van der Waals surface area (Å²) >= 11 is 0. The first kappa shape index (κ1) is 11.8. The highest BCUT2D eigenvalue weighted by atomic mass is 16.2. The van der Waals surface area contributed by atoms with E-state index in [-0.39, 0.29) is 5.91 Å². The van der Waals surface area contributed by atoms with Crippen LogP contribution in [0.15, 0.2) is 18.2 Å². The van der Waals surface area contributed by atoms with Gasteiger partial charge in [-0.2, -0.15) is 0 Å². The summed E-state index contributed by atoms with van der Waals surface area (Å²) in [6.45, 7) is 1.31. The molecule has 0 aliphatic carbocycles. The highest BCUT2D eigenvalue weighted by molar-refractivity contribution is 5.84. The number of aryl methyl sites for hydroxylation is 1. The maximum absolute atomic E-state index is 11.8. The van der Waals surface area contributed by atoms with E-state index in [1.807, 2.05) is 12.1 Å². The van der Waals surface area contributed by atoms with E-state index in [1.165, 1.54) is 5.56 Å². The van der Waals surface area contributed by atoms with E-state index in [4.69, 9.17) is 5.73 Å². The number of rotatable bonds is 2. The van der Waals surface area contributed by atoms with Crippen LogP contribution in [0.3, 0.4) is 0 Å². The van der Waals surface area contributed by atoms with Crippen LogP contribution in [-0.2, 0) is 11.2 Å². The Morgan fingerprint density at radius 2 is 2.24 bits per heavy atom.